The Labute approximate surface area is 138 Å². The Morgan fingerprint density at radius 3 is 2.73 bits per heavy atom. The molecule has 0 spiro atoms. The highest BCUT2D eigenvalue weighted by molar-refractivity contribution is 7.11. The van der Waals surface area contributed by atoms with E-state index in [9.17, 15) is 4.79 Å². The molecule has 0 aliphatic carbocycles. The van der Waals surface area contributed by atoms with Crippen LogP contribution in [0.25, 0.3) is 0 Å². The average Bonchev–Trinajstić information content (AvgIpc) is 2.85. The first-order chi connectivity index (χ1) is 10.4. The van der Waals surface area contributed by atoms with Crippen LogP contribution in [0.1, 0.15) is 54.7 Å². The Hall–Kier alpha value is -0.940. The van der Waals surface area contributed by atoms with Gasteiger partial charge in [-0.25, -0.2) is 4.98 Å². The van der Waals surface area contributed by atoms with Gasteiger partial charge < -0.3 is 10.2 Å². The highest BCUT2D eigenvalue weighted by atomic mass is 32.1. The standard InChI is InChI=1S/C17H29N3OS/c1-11(15-7-6-8-18-10-15)9-16(21)20(5)13(3)17-12(2)19-14(4)22-17/h11,13,15,18H,6-10H2,1-5H3. The molecule has 22 heavy (non-hydrogen) atoms. The smallest absolute Gasteiger partial charge is 0.223 e. The van der Waals surface area contributed by atoms with E-state index in [-0.39, 0.29) is 11.9 Å². The quantitative estimate of drug-likeness (QED) is 0.904. The second-order valence-electron chi connectivity index (χ2n) is 6.65. The summed E-state index contributed by atoms with van der Waals surface area (Å²) in [4.78, 5) is 20.2. The van der Waals surface area contributed by atoms with Crippen molar-refractivity contribution in [3.05, 3.63) is 15.6 Å². The number of thiazole rings is 1. The van der Waals surface area contributed by atoms with Crippen molar-refractivity contribution in [2.24, 2.45) is 11.8 Å². The number of hydrogen-bond acceptors (Lipinski definition) is 4. The van der Waals surface area contributed by atoms with Crippen LogP contribution in [0.2, 0.25) is 0 Å². The largest absolute Gasteiger partial charge is 0.338 e. The van der Waals surface area contributed by atoms with Gasteiger partial charge in [0.2, 0.25) is 5.91 Å². The lowest BCUT2D eigenvalue weighted by Crippen LogP contribution is -2.36. The van der Waals surface area contributed by atoms with Gasteiger partial charge in [-0.3, -0.25) is 4.79 Å². The molecular weight excluding hydrogens is 294 g/mol. The van der Waals surface area contributed by atoms with E-state index in [4.69, 9.17) is 0 Å². The number of aryl methyl sites for hydroxylation is 2. The number of piperidine rings is 1. The van der Waals surface area contributed by atoms with Gasteiger partial charge in [0.25, 0.3) is 0 Å². The zero-order chi connectivity index (χ0) is 16.3. The van der Waals surface area contributed by atoms with Gasteiger partial charge in [-0.05, 0) is 58.5 Å². The van der Waals surface area contributed by atoms with Gasteiger partial charge in [-0.15, -0.1) is 11.3 Å². The van der Waals surface area contributed by atoms with Gasteiger partial charge in [-0.2, -0.15) is 0 Å². The van der Waals surface area contributed by atoms with Crippen LogP contribution in [-0.4, -0.2) is 35.9 Å². The van der Waals surface area contributed by atoms with Crippen molar-refractivity contribution >= 4 is 17.2 Å². The van der Waals surface area contributed by atoms with Crippen LogP contribution >= 0.6 is 11.3 Å². The fraction of sp³-hybridized carbons (Fsp3) is 0.765. The zero-order valence-corrected chi connectivity index (χ0v) is 15.3. The van der Waals surface area contributed by atoms with Crippen molar-refractivity contribution in [2.45, 2.75) is 53.0 Å². The van der Waals surface area contributed by atoms with E-state index in [2.05, 4.69) is 24.1 Å². The zero-order valence-electron chi connectivity index (χ0n) is 14.5. The fourth-order valence-corrected chi connectivity index (χ4v) is 4.30. The Kier molecular flexibility index (Phi) is 5.98. The first-order valence-corrected chi connectivity index (χ1v) is 9.12. The molecule has 3 atom stereocenters. The molecule has 2 heterocycles. The minimum Gasteiger partial charge on any atom is -0.338 e. The summed E-state index contributed by atoms with van der Waals surface area (Å²) >= 11 is 1.70. The van der Waals surface area contributed by atoms with E-state index in [1.807, 2.05) is 25.8 Å². The van der Waals surface area contributed by atoms with E-state index < -0.39 is 0 Å². The molecule has 1 aromatic heterocycles. The minimum atomic E-state index is 0.107. The molecule has 0 bridgehead atoms. The van der Waals surface area contributed by atoms with Gasteiger partial charge in [0.15, 0.2) is 0 Å². The lowest BCUT2D eigenvalue weighted by atomic mass is 9.85. The third kappa shape index (κ3) is 4.07. The third-order valence-electron chi connectivity index (χ3n) is 4.93. The van der Waals surface area contributed by atoms with Crippen molar-refractivity contribution in [2.75, 3.05) is 20.1 Å². The van der Waals surface area contributed by atoms with Gasteiger partial charge in [0, 0.05) is 18.3 Å². The van der Waals surface area contributed by atoms with Crippen molar-refractivity contribution in [1.82, 2.24) is 15.2 Å². The molecule has 1 aromatic rings. The SMILES string of the molecule is Cc1nc(C)c(C(C)N(C)C(=O)CC(C)C2CCCNC2)s1. The highest BCUT2D eigenvalue weighted by Gasteiger charge is 2.26. The van der Waals surface area contributed by atoms with Crippen LogP contribution in [0.3, 0.4) is 0 Å². The van der Waals surface area contributed by atoms with Gasteiger partial charge in [-0.1, -0.05) is 6.92 Å². The third-order valence-corrected chi connectivity index (χ3v) is 6.17. The first kappa shape index (κ1) is 17.4. The fourth-order valence-electron chi connectivity index (χ4n) is 3.28. The number of rotatable bonds is 5. The lowest BCUT2D eigenvalue weighted by Gasteiger charge is -2.30. The maximum Gasteiger partial charge on any atom is 0.223 e. The Morgan fingerprint density at radius 1 is 1.45 bits per heavy atom. The summed E-state index contributed by atoms with van der Waals surface area (Å²) in [6, 6.07) is 0.107. The first-order valence-electron chi connectivity index (χ1n) is 8.30. The summed E-state index contributed by atoms with van der Waals surface area (Å²) in [6.45, 7) is 10.6. The summed E-state index contributed by atoms with van der Waals surface area (Å²) in [5.74, 6) is 1.32. The molecule has 0 saturated carbocycles. The van der Waals surface area contributed by atoms with Crippen LogP contribution in [0, 0.1) is 25.7 Å². The van der Waals surface area contributed by atoms with E-state index in [0.29, 0.717) is 18.3 Å². The summed E-state index contributed by atoms with van der Waals surface area (Å²) in [5.41, 5.74) is 1.05. The molecule has 1 saturated heterocycles. The molecule has 1 amide bonds. The molecule has 124 valence electrons. The second-order valence-corrected chi connectivity index (χ2v) is 7.89. The van der Waals surface area contributed by atoms with Crippen LogP contribution in [0.5, 0.6) is 0 Å². The van der Waals surface area contributed by atoms with Gasteiger partial charge >= 0.3 is 0 Å². The summed E-state index contributed by atoms with van der Waals surface area (Å²) in [5, 5.41) is 4.52. The van der Waals surface area contributed by atoms with E-state index in [0.717, 1.165) is 23.8 Å². The van der Waals surface area contributed by atoms with E-state index >= 15 is 0 Å². The van der Waals surface area contributed by atoms with Gasteiger partial charge in [0.1, 0.15) is 0 Å². The Balaban J connectivity index is 1.94. The highest BCUT2D eigenvalue weighted by Crippen LogP contribution is 2.30. The van der Waals surface area contributed by atoms with Crippen molar-refractivity contribution in [3.8, 4) is 0 Å². The maximum atomic E-state index is 12.6. The normalized spacial score (nSPS) is 21.4. The van der Waals surface area contributed by atoms with Crippen molar-refractivity contribution < 1.29 is 4.79 Å². The molecule has 5 heteroatoms. The van der Waals surface area contributed by atoms with Crippen LogP contribution in [-0.2, 0) is 4.79 Å². The molecule has 3 unspecified atom stereocenters. The van der Waals surface area contributed by atoms with Crippen molar-refractivity contribution in [3.63, 3.8) is 0 Å². The topological polar surface area (TPSA) is 45.2 Å². The molecule has 0 radical (unpaired) electrons. The summed E-state index contributed by atoms with van der Waals surface area (Å²) in [6.07, 6.45) is 3.12. The number of nitrogens with one attached hydrogen (secondary N) is 1. The molecule has 1 aliphatic rings. The van der Waals surface area contributed by atoms with Crippen LogP contribution in [0.15, 0.2) is 0 Å². The van der Waals surface area contributed by atoms with E-state index in [1.165, 1.54) is 17.7 Å². The van der Waals surface area contributed by atoms with Crippen LogP contribution < -0.4 is 5.32 Å². The number of carbonyl (C=O) groups is 1. The number of hydrogen-bond donors (Lipinski definition) is 1. The minimum absolute atomic E-state index is 0.107. The predicted octanol–water partition coefficient (Wildman–Crippen LogP) is 3.31. The average molecular weight is 324 g/mol. The number of nitrogens with zero attached hydrogens (tertiary/aromatic N) is 2. The molecule has 4 nitrogen and oxygen atoms in total. The summed E-state index contributed by atoms with van der Waals surface area (Å²) < 4.78 is 0. The van der Waals surface area contributed by atoms with Gasteiger partial charge in [0.05, 0.1) is 16.7 Å². The predicted molar refractivity (Wildman–Crippen MR) is 92.1 cm³/mol. The van der Waals surface area contributed by atoms with Crippen LogP contribution in [0.4, 0.5) is 0 Å². The number of amides is 1. The molecule has 2 rings (SSSR count). The maximum absolute atomic E-state index is 12.6. The molecule has 1 aliphatic heterocycles. The Morgan fingerprint density at radius 2 is 2.18 bits per heavy atom. The molecule has 0 aromatic carbocycles. The molecule has 1 N–H and O–H groups in total. The summed E-state index contributed by atoms with van der Waals surface area (Å²) in [7, 11) is 1.92. The monoisotopic (exact) mass is 323 g/mol. The second kappa shape index (κ2) is 7.55. The van der Waals surface area contributed by atoms with E-state index in [1.54, 1.807) is 11.3 Å². The molecule has 1 fully saturated rings. The lowest BCUT2D eigenvalue weighted by molar-refractivity contribution is -0.133. The van der Waals surface area contributed by atoms with Crippen molar-refractivity contribution in [1.29, 1.82) is 0 Å². The number of aromatic nitrogens is 1. The molecular formula is C17H29N3OS. The number of carbonyl (C=O) groups excluding carboxylic acids is 1. The Bertz CT molecular complexity index is 508.